The SMILES string of the molecule is CC(C)(C)[Si](C)(C)C#CC=O. The van der Waals surface area contributed by atoms with Crippen LogP contribution in [-0.4, -0.2) is 14.4 Å². The summed E-state index contributed by atoms with van der Waals surface area (Å²) in [5.74, 6) is 2.53. The van der Waals surface area contributed by atoms with Crippen molar-refractivity contribution in [3.8, 4) is 11.5 Å². The molecule has 0 amide bonds. The van der Waals surface area contributed by atoms with E-state index in [0.29, 0.717) is 6.29 Å². The second kappa shape index (κ2) is 3.23. The highest BCUT2D eigenvalue weighted by atomic mass is 28.3. The normalized spacial score (nSPS) is 11.7. The maximum absolute atomic E-state index is 10.0. The number of rotatable bonds is 0. The molecule has 0 fully saturated rings. The van der Waals surface area contributed by atoms with Crippen LogP contribution in [0.5, 0.6) is 0 Å². The standard InChI is InChI=1S/C9H16OSi/c1-9(2,3)11(4,5)8-6-7-10/h7H,1-5H3. The second-order valence-corrected chi connectivity index (χ2v) is 9.26. The Hall–Kier alpha value is -0.553. The summed E-state index contributed by atoms with van der Waals surface area (Å²) in [5, 5.41) is 0.253. The number of hydrogen-bond donors (Lipinski definition) is 0. The zero-order valence-corrected chi connectivity index (χ0v) is 8.99. The Labute approximate surface area is 70.2 Å². The van der Waals surface area contributed by atoms with Gasteiger partial charge in [0.15, 0.2) is 6.29 Å². The summed E-state index contributed by atoms with van der Waals surface area (Å²) in [6, 6.07) is 0. The number of carbonyl (C=O) groups excluding carboxylic acids is 1. The van der Waals surface area contributed by atoms with Crippen molar-refractivity contribution in [2.75, 3.05) is 0 Å². The van der Waals surface area contributed by atoms with Gasteiger partial charge in [-0.15, -0.1) is 5.54 Å². The predicted octanol–water partition coefficient (Wildman–Crippen LogP) is 2.24. The first kappa shape index (κ1) is 10.4. The molecule has 0 unspecified atom stereocenters. The van der Waals surface area contributed by atoms with Crippen molar-refractivity contribution < 1.29 is 4.79 Å². The van der Waals surface area contributed by atoms with Crippen LogP contribution < -0.4 is 0 Å². The van der Waals surface area contributed by atoms with Gasteiger partial charge in [0.05, 0.1) is 0 Å². The molecule has 0 atom stereocenters. The molecule has 11 heavy (non-hydrogen) atoms. The van der Waals surface area contributed by atoms with Gasteiger partial charge in [-0.05, 0) is 11.0 Å². The zero-order chi connectivity index (χ0) is 9.12. The monoisotopic (exact) mass is 168 g/mol. The zero-order valence-electron chi connectivity index (χ0n) is 7.99. The van der Waals surface area contributed by atoms with Gasteiger partial charge in [0, 0.05) is 0 Å². The first-order valence-corrected chi connectivity index (χ1v) is 6.77. The van der Waals surface area contributed by atoms with Gasteiger partial charge in [-0.2, -0.15) is 0 Å². The Bertz CT molecular complexity index is 200. The lowest BCUT2D eigenvalue weighted by molar-refractivity contribution is -0.103. The van der Waals surface area contributed by atoms with Gasteiger partial charge >= 0.3 is 0 Å². The molecule has 0 aliphatic heterocycles. The highest BCUT2D eigenvalue weighted by Crippen LogP contribution is 2.34. The smallest absolute Gasteiger partial charge is 0.192 e. The van der Waals surface area contributed by atoms with Crippen molar-refractivity contribution in [2.45, 2.75) is 38.9 Å². The van der Waals surface area contributed by atoms with Gasteiger partial charge in [0.25, 0.3) is 0 Å². The molecule has 0 aliphatic rings. The van der Waals surface area contributed by atoms with Crippen molar-refractivity contribution in [1.82, 2.24) is 0 Å². The highest BCUT2D eigenvalue weighted by molar-refractivity contribution is 6.87. The fourth-order valence-corrected chi connectivity index (χ4v) is 1.19. The molecule has 62 valence electrons. The van der Waals surface area contributed by atoms with Gasteiger partial charge < -0.3 is 0 Å². The molecule has 0 aliphatic carbocycles. The molecule has 0 heterocycles. The average Bonchev–Trinajstić information content (AvgIpc) is 1.81. The Kier molecular flexibility index (Phi) is 3.07. The summed E-state index contributed by atoms with van der Waals surface area (Å²) in [4.78, 5) is 10.0. The lowest BCUT2D eigenvalue weighted by Crippen LogP contribution is -2.35. The molecular weight excluding hydrogens is 152 g/mol. The van der Waals surface area contributed by atoms with Crippen molar-refractivity contribution in [3.05, 3.63) is 0 Å². The third-order valence-electron chi connectivity index (χ3n) is 2.32. The van der Waals surface area contributed by atoms with Gasteiger partial charge in [0.2, 0.25) is 0 Å². The lowest BCUT2D eigenvalue weighted by atomic mass is 10.2. The summed E-state index contributed by atoms with van der Waals surface area (Å²) in [6.07, 6.45) is 0.681. The first-order chi connectivity index (χ1) is 4.81. The maximum Gasteiger partial charge on any atom is 0.192 e. The molecule has 0 saturated carbocycles. The molecule has 0 bridgehead atoms. The Balaban J connectivity index is 4.59. The fourth-order valence-electron chi connectivity index (χ4n) is 0.397. The maximum atomic E-state index is 10.0. The molecular formula is C9H16OSi. The lowest BCUT2D eigenvalue weighted by Gasteiger charge is -2.31. The van der Waals surface area contributed by atoms with E-state index >= 15 is 0 Å². The molecule has 0 saturated heterocycles. The summed E-state index contributed by atoms with van der Waals surface area (Å²) >= 11 is 0. The van der Waals surface area contributed by atoms with E-state index in [9.17, 15) is 4.79 Å². The van der Waals surface area contributed by atoms with E-state index in [-0.39, 0.29) is 5.04 Å². The van der Waals surface area contributed by atoms with Crippen LogP contribution in [0.3, 0.4) is 0 Å². The molecule has 0 rings (SSSR count). The largest absolute Gasteiger partial charge is 0.289 e. The first-order valence-electron chi connectivity index (χ1n) is 3.77. The van der Waals surface area contributed by atoms with Crippen molar-refractivity contribution in [2.24, 2.45) is 0 Å². The number of carbonyl (C=O) groups is 1. The van der Waals surface area contributed by atoms with Crippen molar-refractivity contribution >= 4 is 14.4 Å². The van der Waals surface area contributed by atoms with Crippen LogP contribution in [0.4, 0.5) is 0 Å². The average molecular weight is 168 g/mol. The van der Waals surface area contributed by atoms with Gasteiger partial charge in [0.1, 0.15) is 8.07 Å². The van der Waals surface area contributed by atoms with Crippen LogP contribution in [0.25, 0.3) is 0 Å². The highest BCUT2D eigenvalue weighted by Gasteiger charge is 2.33. The van der Waals surface area contributed by atoms with E-state index in [1.807, 2.05) is 0 Å². The van der Waals surface area contributed by atoms with Crippen LogP contribution in [0, 0.1) is 11.5 Å². The molecule has 0 aromatic carbocycles. The quantitative estimate of drug-likeness (QED) is 0.308. The van der Waals surface area contributed by atoms with E-state index in [0.717, 1.165) is 0 Å². The van der Waals surface area contributed by atoms with Crippen LogP contribution in [0.15, 0.2) is 0 Å². The minimum absolute atomic E-state index is 0.253. The minimum Gasteiger partial charge on any atom is -0.289 e. The summed E-state index contributed by atoms with van der Waals surface area (Å²) < 4.78 is 0. The van der Waals surface area contributed by atoms with Crippen LogP contribution in [-0.2, 0) is 4.79 Å². The van der Waals surface area contributed by atoms with E-state index in [1.54, 1.807) is 0 Å². The van der Waals surface area contributed by atoms with Crippen molar-refractivity contribution in [1.29, 1.82) is 0 Å². The minimum atomic E-state index is -1.52. The van der Waals surface area contributed by atoms with Crippen molar-refractivity contribution in [3.63, 3.8) is 0 Å². The van der Waals surface area contributed by atoms with Gasteiger partial charge in [-0.3, -0.25) is 4.79 Å². The number of aldehydes is 1. The van der Waals surface area contributed by atoms with Crippen LogP contribution in [0.2, 0.25) is 18.1 Å². The van der Waals surface area contributed by atoms with E-state index in [2.05, 4.69) is 45.3 Å². The second-order valence-electron chi connectivity index (χ2n) is 4.26. The van der Waals surface area contributed by atoms with Crippen LogP contribution >= 0.6 is 0 Å². The van der Waals surface area contributed by atoms with E-state index in [4.69, 9.17) is 0 Å². The molecule has 0 aromatic heterocycles. The predicted molar refractivity (Wildman–Crippen MR) is 51.0 cm³/mol. The summed E-state index contributed by atoms with van der Waals surface area (Å²) in [7, 11) is -1.52. The molecule has 0 radical (unpaired) electrons. The Morgan fingerprint density at radius 1 is 1.27 bits per heavy atom. The third kappa shape index (κ3) is 2.90. The molecule has 1 nitrogen and oxygen atoms in total. The molecule has 0 N–H and O–H groups in total. The third-order valence-corrected chi connectivity index (χ3v) is 6.84. The number of hydrogen-bond acceptors (Lipinski definition) is 1. The van der Waals surface area contributed by atoms with Gasteiger partial charge in [-0.1, -0.05) is 33.9 Å². The van der Waals surface area contributed by atoms with E-state index < -0.39 is 8.07 Å². The molecule has 0 aromatic rings. The fraction of sp³-hybridized carbons (Fsp3) is 0.667. The Morgan fingerprint density at radius 3 is 2.00 bits per heavy atom. The summed E-state index contributed by atoms with van der Waals surface area (Å²) in [5.41, 5.74) is 3.07. The van der Waals surface area contributed by atoms with E-state index in [1.165, 1.54) is 0 Å². The molecule has 0 spiro atoms. The topological polar surface area (TPSA) is 17.1 Å². The van der Waals surface area contributed by atoms with Gasteiger partial charge in [-0.25, -0.2) is 0 Å². The molecule has 2 heteroatoms. The summed E-state index contributed by atoms with van der Waals surface area (Å²) in [6.45, 7) is 10.9. The Morgan fingerprint density at radius 2 is 1.73 bits per heavy atom. The van der Waals surface area contributed by atoms with Crippen LogP contribution in [0.1, 0.15) is 20.8 Å².